The lowest BCUT2D eigenvalue weighted by molar-refractivity contribution is 0.988. The highest BCUT2D eigenvalue weighted by atomic mass is 15.1. The van der Waals surface area contributed by atoms with Gasteiger partial charge in [-0.1, -0.05) is 0 Å². The van der Waals surface area contributed by atoms with Crippen molar-refractivity contribution in [1.29, 1.82) is 0 Å². The maximum absolute atomic E-state index is 5.20. The molecule has 0 unspecified atom stereocenters. The maximum atomic E-state index is 5.20. The Balaban J connectivity index is 3.08. The first-order valence-corrected chi connectivity index (χ1v) is 2.20. The van der Waals surface area contributed by atoms with Crippen molar-refractivity contribution in [2.24, 2.45) is 0 Å². The third-order valence-corrected chi connectivity index (χ3v) is 0.711. The van der Waals surface area contributed by atoms with Crippen LogP contribution in [0.1, 0.15) is 5.82 Å². The molecule has 0 aliphatic rings. The van der Waals surface area contributed by atoms with Crippen LogP contribution in [-0.2, 0) is 0 Å². The van der Waals surface area contributed by atoms with Gasteiger partial charge in [0.15, 0.2) is 0 Å². The second kappa shape index (κ2) is 1.73. The highest BCUT2D eigenvalue weighted by molar-refractivity contribution is 5.11. The van der Waals surface area contributed by atoms with E-state index < -0.39 is 0 Å². The van der Waals surface area contributed by atoms with Crippen LogP contribution in [0.2, 0.25) is 0 Å². The molecule has 0 aliphatic carbocycles. The summed E-state index contributed by atoms with van der Waals surface area (Å²) in [5.74, 6) is 0.926. The van der Waals surface area contributed by atoms with Crippen molar-refractivity contribution >= 4 is 5.95 Å². The summed E-state index contributed by atoms with van der Waals surface area (Å²) in [5.41, 5.74) is 5.20. The zero-order chi connectivity index (χ0) is 5.98. The second-order valence-electron chi connectivity index (χ2n) is 1.39. The van der Waals surface area contributed by atoms with Gasteiger partial charge in [-0.15, -0.1) is 0 Å². The molecule has 0 aromatic carbocycles. The van der Waals surface area contributed by atoms with Crippen molar-refractivity contribution < 1.29 is 0 Å². The summed E-state index contributed by atoms with van der Waals surface area (Å²) < 4.78 is 0. The third kappa shape index (κ3) is 0.900. The summed E-state index contributed by atoms with van der Waals surface area (Å²) in [6.07, 6.45) is 1.39. The number of nitrogen functional groups attached to an aromatic ring is 1. The van der Waals surface area contributed by atoms with E-state index in [4.69, 9.17) is 5.73 Å². The van der Waals surface area contributed by atoms with Crippen molar-refractivity contribution in [1.82, 2.24) is 15.0 Å². The Bertz CT molecular complexity index is 168. The van der Waals surface area contributed by atoms with E-state index in [1.807, 2.05) is 0 Å². The molecule has 0 aliphatic heterocycles. The summed E-state index contributed by atoms with van der Waals surface area (Å²) in [4.78, 5) is 11.1. The first-order valence-electron chi connectivity index (χ1n) is 2.20. The molecule has 0 saturated heterocycles. The second-order valence-corrected chi connectivity index (χ2v) is 1.39. The van der Waals surface area contributed by atoms with Gasteiger partial charge in [0, 0.05) is 0 Å². The first-order chi connectivity index (χ1) is 3.79. The highest BCUT2D eigenvalue weighted by Gasteiger charge is 1.85. The quantitative estimate of drug-likeness (QED) is 0.500. The molecule has 0 atom stereocenters. The summed E-state index contributed by atoms with van der Waals surface area (Å²) >= 11 is 0. The molecule has 0 bridgehead atoms. The number of nitrogens with zero attached hydrogens (tertiary/aromatic N) is 3. The monoisotopic (exact) mass is 110 g/mol. The lowest BCUT2D eigenvalue weighted by Crippen LogP contribution is -1.96. The van der Waals surface area contributed by atoms with Gasteiger partial charge in [-0.25, -0.2) is 9.97 Å². The van der Waals surface area contributed by atoms with Gasteiger partial charge in [0.2, 0.25) is 5.95 Å². The highest BCUT2D eigenvalue weighted by Crippen LogP contribution is 1.86. The van der Waals surface area contributed by atoms with Crippen LogP contribution in [-0.4, -0.2) is 15.0 Å². The molecule has 1 aromatic rings. The van der Waals surface area contributed by atoms with Crippen molar-refractivity contribution in [2.45, 2.75) is 6.92 Å². The van der Waals surface area contributed by atoms with E-state index in [0.29, 0.717) is 5.82 Å². The molecular formula is C4H6N4. The Labute approximate surface area is 46.8 Å². The average Bonchev–Trinajstić information content (AvgIpc) is 1.64. The Morgan fingerprint density at radius 3 is 2.62 bits per heavy atom. The van der Waals surface area contributed by atoms with E-state index >= 15 is 0 Å². The van der Waals surface area contributed by atoms with Gasteiger partial charge in [-0.05, 0) is 6.92 Å². The van der Waals surface area contributed by atoms with Crippen LogP contribution >= 0.6 is 0 Å². The number of aryl methyl sites for hydroxylation is 1. The zero-order valence-corrected chi connectivity index (χ0v) is 4.50. The van der Waals surface area contributed by atoms with Crippen LogP contribution in [0.15, 0.2) is 6.33 Å². The zero-order valence-electron chi connectivity index (χ0n) is 4.50. The normalized spacial score (nSPS) is 9.12. The number of nitrogens with two attached hydrogens (primary N) is 1. The van der Waals surface area contributed by atoms with Crippen LogP contribution < -0.4 is 5.73 Å². The van der Waals surface area contributed by atoms with Gasteiger partial charge in [0.05, 0.1) is 0 Å². The van der Waals surface area contributed by atoms with Crippen molar-refractivity contribution in [3.8, 4) is 0 Å². The largest absolute Gasteiger partial charge is 0.368 e. The fourth-order valence-electron chi connectivity index (χ4n) is 0.395. The van der Waals surface area contributed by atoms with Gasteiger partial charge in [0.25, 0.3) is 0 Å². The van der Waals surface area contributed by atoms with E-state index in [1.165, 1.54) is 6.33 Å². The molecule has 0 radical (unpaired) electrons. The summed E-state index contributed by atoms with van der Waals surface area (Å²) in [5, 5.41) is 0. The number of aromatic nitrogens is 3. The number of rotatable bonds is 0. The lowest BCUT2D eigenvalue weighted by atomic mass is 10.7. The van der Waals surface area contributed by atoms with Crippen LogP contribution in [0.5, 0.6) is 0 Å². The van der Waals surface area contributed by atoms with Gasteiger partial charge < -0.3 is 5.73 Å². The molecule has 0 amide bonds. The molecular weight excluding hydrogens is 104 g/mol. The predicted molar refractivity (Wildman–Crippen MR) is 29.0 cm³/mol. The molecule has 0 spiro atoms. The molecule has 1 aromatic heterocycles. The van der Waals surface area contributed by atoms with E-state index in [1.54, 1.807) is 6.92 Å². The van der Waals surface area contributed by atoms with Crippen molar-refractivity contribution in [3.63, 3.8) is 0 Å². The molecule has 1 heterocycles. The van der Waals surface area contributed by atoms with Gasteiger partial charge >= 0.3 is 0 Å². The minimum Gasteiger partial charge on any atom is -0.368 e. The Kier molecular flexibility index (Phi) is 1.07. The Morgan fingerprint density at radius 1 is 1.50 bits per heavy atom. The van der Waals surface area contributed by atoms with Crippen LogP contribution in [0.4, 0.5) is 5.95 Å². The molecule has 2 N–H and O–H groups in total. The van der Waals surface area contributed by atoms with E-state index in [0.717, 1.165) is 0 Å². The standard InChI is InChI=1S/C4H6N4/c1-3-6-2-7-4(5)8-3/h2H,1H3,(H2,5,6,7,8). The lowest BCUT2D eigenvalue weighted by Gasteiger charge is -1.88. The molecule has 1 rings (SSSR count). The molecule has 4 heteroatoms. The summed E-state index contributed by atoms with van der Waals surface area (Å²) in [7, 11) is 0. The van der Waals surface area contributed by atoms with Crippen molar-refractivity contribution in [3.05, 3.63) is 12.2 Å². The number of anilines is 1. The molecule has 0 saturated carbocycles. The first kappa shape index (κ1) is 4.96. The minimum atomic E-state index is 0.275. The smallest absolute Gasteiger partial charge is 0.223 e. The van der Waals surface area contributed by atoms with Crippen LogP contribution in [0, 0.1) is 6.92 Å². The Morgan fingerprint density at radius 2 is 2.25 bits per heavy atom. The average molecular weight is 110 g/mol. The number of hydrogen-bond acceptors (Lipinski definition) is 4. The summed E-state index contributed by atoms with van der Waals surface area (Å²) in [6.45, 7) is 1.76. The topological polar surface area (TPSA) is 64.7 Å². The van der Waals surface area contributed by atoms with E-state index in [-0.39, 0.29) is 5.95 Å². The summed E-state index contributed by atoms with van der Waals surface area (Å²) in [6, 6.07) is 0. The van der Waals surface area contributed by atoms with Gasteiger partial charge in [-0.2, -0.15) is 4.98 Å². The predicted octanol–water partition coefficient (Wildman–Crippen LogP) is -0.238. The number of hydrogen-bond donors (Lipinski definition) is 1. The van der Waals surface area contributed by atoms with Crippen LogP contribution in [0.25, 0.3) is 0 Å². The minimum absolute atomic E-state index is 0.275. The molecule has 42 valence electrons. The van der Waals surface area contributed by atoms with Crippen LogP contribution in [0.3, 0.4) is 0 Å². The molecule has 8 heavy (non-hydrogen) atoms. The van der Waals surface area contributed by atoms with Gasteiger partial charge in [0.1, 0.15) is 12.2 Å². The van der Waals surface area contributed by atoms with Gasteiger partial charge in [-0.3, -0.25) is 0 Å². The fraction of sp³-hybridized carbons (Fsp3) is 0.250. The SMILES string of the molecule is Cc1ncnc(N)n1. The Hall–Kier alpha value is -1.19. The molecule has 0 fully saturated rings. The van der Waals surface area contributed by atoms with Crippen molar-refractivity contribution in [2.75, 3.05) is 5.73 Å². The third-order valence-electron chi connectivity index (χ3n) is 0.711. The maximum Gasteiger partial charge on any atom is 0.223 e. The van der Waals surface area contributed by atoms with E-state index in [9.17, 15) is 0 Å². The molecule has 4 nitrogen and oxygen atoms in total. The fourth-order valence-corrected chi connectivity index (χ4v) is 0.395. The van der Waals surface area contributed by atoms with E-state index in [2.05, 4.69) is 15.0 Å².